The smallest absolute Gasteiger partial charge is 0.136 e. The van der Waals surface area contributed by atoms with Crippen molar-refractivity contribution < 1.29 is 4.74 Å². The zero-order chi connectivity index (χ0) is 13.1. The van der Waals surface area contributed by atoms with Gasteiger partial charge in [0, 0.05) is 25.1 Å². The number of aromatic nitrogens is 1. The van der Waals surface area contributed by atoms with Crippen LogP contribution < -0.4 is 4.90 Å². The fourth-order valence-electron chi connectivity index (χ4n) is 2.50. The van der Waals surface area contributed by atoms with Crippen LogP contribution >= 0.6 is 11.6 Å². The first-order valence-corrected chi connectivity index (χ1v) is 7.19. The first kappa shape index (κ1) is 12.7. The molecule has 0 unspecified atom stereocenters. The summed E-state index contributed by atoms with van der Waals surface area (Å²) in [6, 6.07) is 10.4. The van der Waals surface area contributed by atoms with Crippen molar-refractivity contribution in [3.8, 4) is 0 Å². The normalized spacial score (nSPS) is 16.6. The monoisotopic (exact) mass is 276 g/mol. The van der Waals surface area contributed by atoms with Gasteiger partial charge in [0.05, 0.1) is 18.2 Å². The summed E-state index contributed by atoms with van der Waals surface area (Å²) in [7, 11) is 0. The average Bonchev–Trinajstić information content (AvgIpc) is 2.75. The number of benzene rings is 1. The molecule has 2 heterocycles. The first-order chi connectivity index (χ1) is 9.38. The van der Waals surface area contributed by atoms with E-state index in [0.717, 1.165) is 44.2 Å². The summed E-state index contributed by atoms with van der Waals surface area (Å²) in [5.74, 6) is 1.49. The van der Waals surface area contributed by atoms with E-state index in [0.29, 0.717) is 5.88 Å². The number of anilines is 1. The standard InChI is InChI=1S/C15H17ClN2O/c16-11-13-10-12-4-1-2-5-14(12)15(17-13)18-6-3-8-19-9-7-18/h1-2,4-5,10H,3,6-9,11H2. The van der Waals surface area contributed by atoms with Crippen LogP contribution in [0.15, 0.2) is 30.3 Å². The molecule has 0 amide bonds. The first-order valence-electron chi connectivity index (χ1n) is 6.66. The van der Waals surface area contributed by atoms with Crippen molar-refractivity contribution in [1.29, 1.82) is 0 Å². The van der Waals surface area contributed by atoms with E-state index in [1.807, 2.05) is 0 Å². The Morgan fingerprint density at radius 2 is 2.11 bits per heavy atom. The molecule has 0 spiro atoms. The van der Waals surface area contributed by atoms with E-state index >= 15 is 0 Å². The highest BCUT2D eigenvalue weighted by molar-refractivity contribution is 6.17. The minimum absolute atomic E-state index is 0.447. The fourth-order valence-corrected chi connectivity index (χ4v) is 2.64. The van der Waals surface area contributed by atoms with Crippen LogP contribution in [0.25, 0.3) is 10.8 Å². The van der Waals surface area contributed by atoms with Crippen LogP contribution in [-0.4, -0.2) is 31.3 Å². The second-order valence-corrected chi connectivity index (χ2v) is 5.01. The molecule has 100 valence electrons. The highest BCUT2D eigenvalue weighted by Crippen LogP contribution is 2.27. The summed E-state index contributed by atoms with van der Waals surface area (Å²) in [5.41, 5.74) is 0.931. The fraction of sp³-hybridized carbons (Fsp3) is 0.400. The molecule has 1 saturated heterocycles. The van der Waals surface area contributed by atoms with Gasteiger partial charge in [-0.05, 0) is 17.9 Å². The minimum atomic E-state index is 0.447. The van der Waals surface area contributed by atoms with Gasteiger partial charge >= 0.3 is 0 Å². The van der Waals surface area contributed by atoms with Crippen molar-refractivity contribution in [1.82, 2.24) is 4.98 Å². The van der Waals surface area contributed by atoms with E-state index in [4.69, 9.17) is 21.3 Å². The van der Waals surface area contributed by atoms with Gasteiger partial charge in [-0.3, -0.25) is 0 Å². The molecule has 1 aromatic carbocycles. The predicted octanol–water partition coefficient (Wildman–Crippen LogP) is 3.20. The molecule has 0 radical (unpaired) electrons. The van der Waals surface area contributed by atoms with Gasteiger partial charge < -0.3 is 9.64 Å². The summed E-state index contributed by atoms with van der Waals surface area (Å²) in [6.07, 6.45) is 1.04. The van der Waals surface area contributed by atoms with Gasteiger partial charge in [0.1, 0.15) is 5.82 Å². The number of ether oxygens (including phenoxy) is 1. The largest absolute Gasteiger partial charge is 0.380 e. The number of nitrogens with zero attached hydrogens (tertiary/aromatic N) is 2. The lowest BCUT2D eigenvalue weighted by Crippen LogP contribution is -2.27. The topological polar surface area (TPSA) is 25.4 Å². The van der Waals surface area contributed by atoms with Crippen molar-refractivity contribution in [3.63, 3.8) is 0 Å². The summed E-state index contributed by atoms with van der Waals surface area (Å²) >= 11 is 5.96. The van der Waals surface area contributed by atoms with Gasteiger partial charge in [-0.2, -0.15) is 0 Å². The van der Waals surface area contributed by atoms with Gasteiger partial charge in [-0.25, -0.2) is 4.98 Å². The van der Waals surface area contributed by atoms with Gasteiger partial charge in [0.15, 0.2) is 0 Å². The molecule has 1 aliphatic heterocycles. The molecule has 0 saturated carbocycles. The average molecular weight is 277 g/mol. The number of halogens is 1. The molecule has 0 N–H and O–H groups in total. The van der Waals surface area contributed by atoms with Gasteiger partial charge in [0.25, 0.3) is 0 Å². The van der Waals surface area contributed by atoms with E-state index in [1.165, 1.54) is 10.8 Å². The van der Waals surface area contributed by atoms with Crippen molar-refractivity contribution in [3.05, 3.63) is 36.0 Å². The molecular weight excluding hydrogens is 260 g/mol. The Hall–Kier alpha value is -1.32. The van der Waals surface area contributed by atoms with E-state index in [1.54, 1.807) is 0 Å². The van der Waals surface area contributed by atoms with Crippen molar-refractivity contribution >= 4 is 28.2 Å². The van der Waals surface area contributed by atoms with Gasteiger partial charge in [-0.15, -0.1) is 11.6 Å². The van der Waals surface area contributed by atoms with Crippen LogP contribution in [0.1, 0.15) is 12.1 Å². The third-order valence-electron chi connectivity index (χ3n) is 3.43. The molecule has 0 bridgehead atoms. The number of pyridine rings is 1. The zero-order valence-electron chi connectivity index (χ0n) is 10.8. The lowest BCUT2D eigenvalue weighted by molar-refractivity contribution is 0.152. The number of rotatable bonds is 2. The highest BCUT2D eigenvalue weighted by Gasteiger charge is 2.15. The minimum Gasteiger partial charge on any atom is -0.380 e. The summed E-state index contributed by atoms with van der Waals surface area (Å²) in [6.45, 7) is 3.48. The Morgan fingerprint density at radius 1 is 1.21 bits per heavy atom. The molecule has 1 aromatic heterocycles. The van der Waals surface area contributed by atoms with Crippen LogP contribution in [0.2, 0.25) is 0 Å². The molecule has 0 atom stereocenters. The Kier molecular flexibility index (Phi) is 3.85. The van der Waals surface area contributed by atoms with Crippen molar-refractivity contribution in [2.24, 2.45) is 0 Å². The molecule has 0 aliphatic carbocycles. The zero-order valence-corrected chi connectivity index (χ0v) is 11.6. The quantitative estimate of drug-likeness (QED) is 0.788. The molecular formula is C15H17ClN2O. The Bertz CT molecular complexity index is 565. The summed E-state index contributed by atoms with van der Waals surface area (Å²) < 4.78 is 5.52. The van der Waals surface area contributed by atoms with E-state index < -0.39 is 0 Å². The molecule has 3 nitrogen and oxygen atoms in total. The van der Waals surface area contributed by atoms with Gasteiger partial charge in [0.2, 0.25) is 0 Å². The third kappa shape index (κ3) is 2.67. The Balaban J connectivity index is 2.09. The van der Waals surface area contributed by atoms with E-state index in [9.17, 15) is 0 Å². The Morgan fingerprint density at radius 3 is 3.00 bits per heavy atom. The molecule has 19 heavy (non-hydrogen) atoms. The van der Waals surface area contributed by atoms with Crippen molar-refractivity contribution in [2.45, 2.75) is 12.3 Å². The molecule has 1 fully saturated rings. The predicted molar refractivity (Wildman–Crippen MR) is 78.9 cm³/mol. The van der Waals surface area contributed by atoms with E-state index in [-0.39, 0.29) is 0 Å². The van der Waals surface area contributed by atoms with Crippen molar-refractivity contribution in [2.75, 3.05) is 31.2 Å². The highest BCUT2D eigenvalue weighted by atomic mass is 35.5. The summed E-state index contributed by atoms with van der Waals surface area (Å²) in [5, 5.41) is 2.39. The maximum atomic E-state index is 5.96. The summed E-state index contributed by atoms with van der Waals surface area (Å²) in [4.78, 5) is 7.03. The maximum Gasteiger partial charge on any atom is 0.136 e. The van der Waals surface area contributed by atoms with Crippen LogP contribution in [-0.2, 0) is 10.6 Å². The molecule has 3 rings (SSSR count). The molecule has 4 heteroatoms. The van der Waals surface area contributed by atoms with E-state index in [2.05, 4.69) is 35.2 Å². The van der Waals surface area contributed by atoms with Crippen LogP contribution in [0, 0.1) is 0 Å². The second kappa shape index (κ2) is 5.76. The SMILES string of the molecule is ClCc1cc2ccccc2c(N2CCCOCC2)n1. The number of alkyl halides is 1. The lowest BCUT2D eigenvalue weighted by atomic mass is 10.1. The maximum absolute atomic E-state index is 5.96. The molecule has 2 aromatic rings. The second-order valence-electron chi connectivity index (χ2n) is 4.74. The van der Waals surface area contributed by atoms with Crippen LogP contribution in [0.3, 0.4) is 0 Å². The van der Waals surface area contributed by atoms with Gasteiger partial charge in [-0.1, -0.05) is 24.3 Å². The Labute approximate surface area is 118 Å². The third-order valence-corrected chi connectivity index (χ3v) is 3.71. The lowest BCUT2D eigenvalue weighted by Gasteiger charge is -2.23. The number of hydrogen-bond donors (Lipinski definition) is 0. The van der Waals surface area contributed by atoms with Crippen LogP contribution in [0.4, 0.5) is 5.82 Å². The number of fused-ring (bicyclic) bond motifs is 1. The molecule has 1 aliphatic rings. The number of hydrogen-bond acceptors (Lipinski definition) is 3. The van der Waals surface area contributed by atoms with Crippen LogP contribution in [0.5, 0.6) is 0 Å².